The molecule has 0 saturated carbocycles. The molecule has 0 fully saturated rings. The third kappa shape index (κ3) is 3.51. The summed E-state index contributed by atoms with van der Waals surface area (Å²) in [4.78, 5) is 12.5. The van der Waals surface area contributed by atoms with Crippen LogP contribution in [0.15, 0.2) is 28.0 Å². The number of ether oxygens (including phenoxy) is 1. The van der Waals surface area contributed by atoms with Crippen LogP contribution >= 0.6 is 25.3 Å². The molecule has 0 bridgehead atoms. The van der Waals surface area contributed by atoms with E-state index in [1.807, 2.05) is 0 Å². The fourth-order valence-corrected chi connectivity index (χ4v) is 1.61. The SMILES string of the molecule is CCOC(=O)Nc1cc(S)cc(S)c1. The highest BCUT2D eigenvalue weighted by Gasteiger charge is 2.02. The summed E-state index contributed by atoms with van der Waals surface area (Å²) in [6.07, 6.45) is -0.473. The number of benzene rings is 1. The van der Waals surface area contributed by atoms with Crippen molar-refractivity contribution in [2.24, 2.45) is 0 Å². The second kappa shape index (κ2) is 5.17. The summed E-state index contributed by atoms with van der Waals surface area (Å²) >= 11 is 8.31. The van der Waals surface area contributed by atoms with Gasteiger partial charge in [0, 0.05) is 15.5 Å². The van der Waals surface area contributed by atoms with E-state index < -0.39 is 6.09 Å². The molecule has 1 rings (SSSR count). The lowest BCUT2D eigenvalue weighted by molar-refractivity contribution is 0.168. The van der Waals surface area contributed by atoms with E-state index in [1.54, 1.807) is 25.1 Å². The Bertz CT molecular complexity index is 321. The van der Waals surface area contributed by atoms with Gasteiger partial charge in [-0.1, -0.05) is 0 Å². The Morgan fingerprint density at radius 3 is 2.43 bits per heavy atom. The largest absolute Gasteiger partial charge is 0.450 e. The van der Waals surface area contributed by atoms with Crippen molar-refractivity contribution in [2.75, 3.05) is 11.9 Å². The van der Waals surface area contributed by atoms with Crippen LogP contribution in [0.5, 0.6) is 0 Å². The molecule has 5 heteroatoms. The molecule has 3 nitrogen and oxygen atoms in total. The number of amides is 1. The topological polar surface area (TPSA) is 38.3 Å². The molecule has 1 N–H and O–H groups in total. The van der Waals surface area contributed by atoms with Crippen LogP contribution in [-0.4, -0.2) is 12.7 Å². The first-order valence-corrected chi connectivity index (χ1v) is 4.98. The molecule has 0 radical (unpaired) electrons. The summed E-state index contributed by atoms with van der Waals surface area (Å²) in [5.41, 5.74) is 0.626. The number of thiol groups is 2. The van der Waals surface area contributed by atoms with Crippen LogP contribution in [0, 0.1) is 0 Å². The summed E-state index contributed by atoms with van der Waals surface area (Å²) in [6.45, 7) is 2.10. The van der Waals surface area contributed by atoms with Crippen LogP contribution in [0.4, 0.5) is 10.5 Å². The minimum absolute atomic E-state index is 0.347. The van der Waals surface area contributed by atoms with E-state index in [-0.39, 0.29) is 0 Å². The van der Waals surface area contributed by atoms with Crippen molar-refractivity contribution in [3.8, 4) is 0 Å². The molecule has 0 heterocycles. The van der Waals surface area contributed by atoms with Crippen molar-refractivity contribution in [1.82, 2.24) is 0 Å². The fourth-order valence-electron chi connectivity index (χ4n) is 0.952. The summed E-state index contributed by atoms with van der Waals surface area (Å²) < 4.78 is 4.73. The molecule has 1 amide bonds. The van der Waals surface area contributed by atoms with Crippen molar-refractivity contribution in [3.05, 3.63) is 18.2 Å². The van der Waals surface area contributed by atoms with E-state index in [1.165, 1.54) is 0 Å². The Morgan fingerprint density at radius 1 is 1.36 bits per heavy atom. The average molecular weight is 229 g/mol. The van der Waals surface area contributed by atoms with Crippen LogP contribution < -0.4 is 5.32 Å². The van der Waals surface area contributed by atoms with Crippen LogP contribution in [0.1, 0.15) is 6.92 Å². The predicted molar refractivity (Wildman–Crippen MR) is 61.6 cm³/mol. The third-order valence-corrected chi connectivity index (χ3v) is 1.94. The van der Waals surface area contributed by atoms with Gasteiger partial charge in [0.05, 0.1) is 6.61 Å². The van der Waals surface area contributed by atoms with Crippen molar-refractivity contribution in [2.45, 2.75) is 16.7 Å². The van der Waals surface area contributed by atoms with E-state index in [2.05, 4.69) is 30.6 Å². The average Bonchev–Trinajstić information content (AvgIpc) is 2.01. The second-order valence-corrected chi connectivity index (χ2v) is 3.62. The molecule has 0 unspecified atom stereocenters. The van der Waals surface area contributed by atoms with E-state index in [0.717, 1.165) is 9.79 Å². The van der Waals surface area contributed by atoms with Crippen LogP contribution in [0.2, 0.25) is 0 Å². The van der Waals surface area contributed by atoms with Gasteiger partial charge in [-0.3, -0.25) is 5.32 Å². The van der Waals surface area contributed by atoms with E-state index in [9.17, 15) is 4.79 Å². The molecule has 14 heavy (non-hydrogen) atoms. The first kappa shape index (κ1) is 11.3. The van der Waals surface area contributed by atoms with Gasteiger partial charge in [-0.05, 0) is 25.1 Å². The normalized spacial score (nSPS) is 9.64. The zero-order valence-corrected chi connectivity index (χ0v) is 9.44. The molecular weight excluding hydrogens is 218 g/mol. The maximum atomic E-state index is 11.1. The number of anilines is 1. The number of rotatable bonds is 2. The Labute approximate surface area is 93.7 Å². The van der Waals surface area contributed by atoms with Crippen molar-refractivity contribution in [1.29, 1.82) is 0 Å². The summed E-state index contributed by atoms with van der Waals surface area (Å²) in [5, 5.41) is 2.57. The van der Waals surface area contributed by atoms with Crippen LogP contribution in [-0.2, 0) is 4.74 Å². The molecule has 0 aliphatic rings. The maximum Gasteiger partial charge on any atom is 0.411 e. The highest BCUT2D eigenvalue weighted by atomic mass is 32.1. The molecule has 0 aliphatic heterocycles. The first-order valence-electron chi connectivity index (χ1n) is 4.08. The third-order valence-electron chi connectivity index (χ3n) is 1.42. The Morgan fingerprint density at radius 2 is 1.93 bits per heavy atom. The van der Waals surface area contributed by atoms with Crippen molar-refractivity contribution >= 4 is 37.0 Å². The summed E-state index contributed by atoms with van der Waals surface area (Å²) in [6, 6.07) is 5.22. The number of hydrogen-bond donors (Lipinski definition) is 3. The molecule has 0 aliphatic carbocycles. The van der Waals surface area contributed by atoms with E-state index in [0.29, 0.717) is 12.3 Å². The standard InChI is InChI=1S/C9H11NO2S2/c1-2-12-9(11)10-6-3-7(13)5-8(14)4-6/h3-5,13-14H,2H2,1H3,(H,10,11). The van der Waals surface area contributed by atoms with Gasteiger partial charge < -0.3 is 4.74 Å². The van der Waals surface area contributed by atoms with Gasteiger partial charge in [0.15, 0.2) is 0 Å². The Hall–Kier alpha value is -0.810. The van der Waals surface area contributed by atoms with Crippen molar-refractivity contribution < 1.29 is 9.53 Å². The molecule has 76 valence electrons. The molecule has 1 aromatic carbocycles. The van der Waals surface area contributed by atoms with Gasteiger partial charge in [-0.25, -0.2) is 4.79 Å². The lowest BCUT2D eigenvalue weighted by Gasteiger charge is -2.06. The zero-order valence-electron chi connectivity index (χ0n) is 7.65. The highest BCUT2D eigenvalue weighted by Crippen LogP contribution is 2.20. The molecule has 1 aromatic rings. The fraction of sp³-hybridized carbons (Fsp3) is 0.222. The molecule has 0 aromatic heterocycles. The number of carbonyl (C=O) groups excluding carboxylic acids is 1. The van der Waals surface area contributed by atoms with Gasteiger partial charge in [0.25, 0.3) is 0 Å². The smallest absolute Gasteiger partial charge is 0.411 e. The van der Waals surface area contributed by atoms with Gasteiger partial charge in [0.2, 0.25) is 0 Å². The number of carbonyl (C=O) groups is 1. The van der Waals surface area contributed by atoms with Gasteiger partial charge in [-0.15, -0.1) is 25.3 Å². The maximum absolute atomic E-state index is 11.1. The molecular formula is C9H11NO2S2. The van der Waals surface area contributed by atoms with Crippen LogP contribution in [0.3, 0.4) is 0 Å². The number of nitrogens with one attached hydrogen (secondary N) is 1. The van der Waals surface area contributed by atoms with Crippen LogP contribution in [0.25, 0.3) is 0 Å². The van der Waals surface area contributed by atoms with Gasteiger partial charge >= 0.3 is 6.09 Å². The van der Waals surface area contributed by atoms with E-state index >= 15 is 0 Å². The van der Waals surface area contributed by atoms with Gasteiger partial charge in [-0.2, -0.15) is 0 Å². The minimum Gasteiger partial charge on any atom is -0.450 e. The van der Waals surface area contributed by atoms with Gasteiger partial charge in [0.1, 0.15) is 0 Å². The Kier molecular flexibility index (Phi) is 4.16. The highest BCUT2D eigenvalue weighted by molar-refractivity contribution is 7.81. The minimum atomic E-state index is -0.473. The zero-order chi connectivity index (χ0) is 10.6. The predicted octanol–water partition coefficient (Wildman–Crippen LogP) is 2.83. The molecule has 0 saturated heterocycles. The summed E-state index contributed by atoms with van der Waals surface area (Å²) in [5.74, 6) is 0. The first-order chi connectivity index (χ1) is 6.61. The second-order valence-electron chi connectivity index (χ2n) is 2.58. The lowest BCUT2D eigenvalue weighted by Crippen LogP contribution is -2.13. The van der Waals surface area contributed by atoms with Crippen molar-refractivity contribution in [3.63, 3.8) is 0 Å². The monoisotopic (exact) mass is 229 g/mol. The number of hydrogen-bond acceptors (Lipinski definition) is 4. The molecule has 0 spiro atoms. The lowest BCUT2D eigenvalue weighted by atomic mass is 10.3. The molecule has 0 atom stereocenters. The van der Waals surface area contributed by atoms with E-state index in [4.69, 9.17) is 4.74 Å². The quantitative estimate of drug-likeness (QED) is 0.682. The summed E-state index contributed by atoms with van der Waals surface area (Å²) in [7, 11) is 0. The Balaban J connectivity index is 2.71.